The summed E-state index contributed by atoms with van der Waals surface area (Å²) in [6.45, 7) is 12.5. The van der Waals surface area contributed by atoms with Crippen molar-refractivity contribution in [2.24, 2.45) is 15.0 Å². The monoisotopic (exact) mass is 829 g/mol. The Morgan fingerprint density at radius 1 is 0.688 bits per heavy atom. The Bertz CT molecular complexity index is 3050. The molecule has 10 rings (SSSR count). The lowest BCUT2D eigenvalue weighted by molar-refractivity contribution is 0.192. The van der Waals surface area contributed by atoms with Gasteiger partial charge in [0.2, 0.25) is 0 Å². The third-order valence-electron chi connectivity index (χ3n) is 13.5. The summed E-state index contributed by atoms with van der Waals surface area (Å²) >= 11 is 0. The van der Waals surface area contributed by atoms with Crippen molar-refractivity contribution >= 4 is 17.4 Å². The van der Waals surface area contributed by atoms with Crippen LogP contribution in [0.3, 0.4) is 0 Å². The quantitative estimate of drug-likeness (QED) is 0.0963. The van der Waals surface area contributed by atoms with E-state index in [9.17, 15) is 0 Å². The highest BCUT2D eigenvalue weighted by Crippen LogP contribution is 2.64. The maximum atomic E-state index is 5.50. The van der Waals surface area contributed by atoms with Crippen LogP contribution in [0.1, 0.15) is 82.3 Å². The van der Waals surface area contributed by atoms with Crippen molar-refractivity contribution in [3.05, 3.63) is 263 Å². The zero-order valence-corrected chi connectivity index (χ0v) is 36.9. The number of benzene rings is 7. The van der Waals surface area contributed by atoms with Gasteiger partial charge >= 0.3 is 0 Å². The van der Waals surface area contributed by atoms with Crippen molar-refractivity contribution in [2.75, 3.05) is 14.1 Å². The Morgan fingerprint density at radius 3 is 1.91 bits per heavy atom. The first-order valence-electron chi connectivity index (χ1n) is 22.1. The largest absolute Gasteiger partial charge is 0.333 e. The van der Waals surface area contributed by atoms with E-state index in [0.29, 0.717) is 0 Å². The van der Waals surface area contributed by atoms with Gasteiger partial charge in [0.25, 0.3) is 0 Å². The van der Waals surface area contributed by atoms with Gasteiger partial charge in [-0.3, -0.25) is 9.89 Å². The van der Waals surface area contributed by atoms with E-state index in [1.54, 1.807) is 6.08 Å². The minimum Gasteiger partial charge on any atom is -0.333 e. The minimum atomic E-state index is -0.568. The molecule has 2 aliphatic carbocycles. The van der Waals surface area contributed by atoms with E-state index in [-0.39, 0.29) is 18.4 Å². The molecule has 64 heavy (non-hydrogen) atoms. The molecular formula is C59H51N5. The van der Waals surface area contributed by atoms with Gasteiger partial charge in [0.15, 0.2) is 5.84 Å². The van der Waals surface area contributed by atoms with Crippen LogP contribution < -0.4 is 0 Å². The van der Waals surface area contributed by atoms with E-state index >= 15 is 0 Å². The first kappa shape index (κ1) is 40.6. The first-order valence-corrected chi connectivity index (χ1v) is 22.1. The van der Waals surface area contributed by atoms with Gasteiger partial charge in [-0.15, -0.1) is 0 Å². The number of nitrogens with zero attached hydrogens (tertiary/aromatic N) is 5. The van der Waals surface area contributed by atoms with Crippen LogP contribution in [0, 0.1) is 0 Å². The lowest BCUT2D eigenvalue weighted by Gasteiger charge is -2.34. The molecular weight excluding hydrogens is 779 g/mol. The molecule has 0 saturated carbocycles. The Morgan fingerprint density at radius 2 is 1.23 bits per heavy atom. The molecule has 7 aromatic rings. The third kappa shape index (κ3) is 6.54. The Balaban J connectivity index is 1.16. The van der Waals surface area contributed by atoms with Gasteiger partial charge in [-0.25, -0.2) is 9.98 Å². The van der Waals surface area contributed by atoms with Crippen LogP contribution in [0.4, 0.5) is 0 Å². The van der Waals surface area contributed by atoms with Crippen LogP contribution in [0.2, 0.25) is 0 Å². The van der Waals surface area contributed by atoms with Crippen LogP contribution in [-0.2, 0) is 5.41 Å². The number of hydrogen-bond acceptors (Lipinski definition) is 5. The van der Waals surface area contributed by atoms with Crippen molar-refractivity contribution in [3.63, 3.8) is 0 Å². The minimum absolute atomic E-state index is 0.0198. The van der Waals surface area contributed by atoms with Gasteiger partial charge in [-0.05, 0) is 87.7 Å². The van der Waals surface area contributed by atoms with Crippen molar-refractivity contribution in [1.29, 1.82) is 0 Å². The second-order valence-corrected chi connectivity index (χ2v) is 16.9. The average Bonchev–Trinajstić information content (AvgIpc) is 3.83. The molecule has 0 saturated heterocycles. The summed E-state index contributed by atoms with van der Waals surface area (Å²) in [5.41, 5.74) is 16.8. The first-order chi connectivity index (χ1) is 31.3. The molecule has 0 fully saturated rings. The van der Waals surface area contributed by atoms with Gasteiger partial charge in [0, 0.05) is 29.9 Å². The maximum absolute atomic E-state index is 5.50. The molecule has 0 N–H and O–H groups in total. The van der Waals surface area contributed by atoms with E-state index in [4.69, 9.17) is 15.0 Å². The number of fused-ring (bicyclic) bond motifs is 10. The third-order valence-corrected chi connectivity index (χ3v) is 13.5. The fourth-order valence-corrected chi connectivity index (χ4v) is 10.3. The van der Waals surface area contributed by atoms with Crippen LogP contribution in [0.25, 0.3) is 22.3 Å². The summed E-state index contributed by atoms with van der Waals surface area (Å²) in [7, 11) is 4.29. The predicted octanol–water partition coefficient (Wildman–Crippen LogP) is 13.3. The van der Waals surface area contributed by atoms with E-state index < -0.39 is 5.41 Å². The van der Waals surface area contributed by atoms with Crippen LogP contribution in [-0.4, -0.2) is 41.3 Å². The number of allylic oxidation sites excluding steroid dienone is 4. The van der Waals surface area contributed by atoms with Gasteiger partial charge in [0.05, 0.1) is 5.41 Å². The molecule has 0 radical (unpaired) electrons. The molecule has 4 atom stereocenters. The molecule has 0 aromatic heterocycles. The zero-order chi connectivity index (χ0) is 44.0. The Hall–Kier alpha value is -7.47. The molecule has 5 heteroatoms. The van der Waals surface area contributed by atoms with Gasteiger partial charge in [0.1, 0.15) is 18.2 Å². The van der Waals surface area contributed by atoms with Crippen molar-refractivity contribution in [2.45, 2.75) is 37.6 Å². The zero-order valence-electron chi connectivity index (χ0n) is 36.9. The van der Waals surface area contributed by atoms with Crippen LogP contribution >= 0.6 is 0 Å². The van der Waals surface area contributed by atoms with Crippen LogP contribution in [0.5, 0.6) is 0 Å². The second-order valence-electron chi connectivity index (χ2n) is 16.9. The molecule has 312 valence electrons. The second kappa shape index (κ2) is 16.7. The molecule has 1 spiro atoms. The number of amidine groups is 2. The van der Waals surface area contributed by atoms with E-state index in [2.05, 4.69) is 220 Å². The fraction of sp³-hybridized carbons (Fsp3) is 0.136. The highest BCUT2D eigenvalue weighted by atomic mass is 15.3. The molecule has 1 aliphatic heterocycles. The van der Waals surface area contributed by atoms with Gasteiger partial charge in [-0.2, -0.15) is 0 Å². The van der Waals surface area contributed by atoms with E-state index in [1.165, 1.54) is 50.1 Å². The summed E-state index contributed by atoms with van der Waals surface area (Å²) < 4.78 is 0. The topological polar surface area (TPSA) is 43.6 Å². The van der Waals surface area contributed by atoms with Crippen molar-refractivity contribution in [1.82, 2.24) is 9.80 Å². The van der Waals surface area contributed by atoms with Gasteiger partial charge in [-0.1, -0.05) is 207 Å². The lowest BCUT2D eigenvalue weighted by atomic mass is 9.70. The summed E-state index contributed by atoms with van der Waals surface area (Å²) in [6, 6.07) is 63.3. The number of hydrogen-bond donors (Lipinski definition) is 0. The fourth-order valence-electron chi connectivity index (χ4n) is 10.3. The molecule has 3 aliphatic rings. The highest BCUT2D eigenvalue weighted by Gasteiger charge is 2.53. The molecule has 5 nitrogen and oxygen atoms in total. The predicted molar refractivity (Wildman–Crippen MR) is 266 cm³/mol. The molecule has 0 amide bonds. The van der Waals surface area contributed by atoms with Crippen molar-refractivity contribution in [3.8, 4) is 22.3 Å². The SMILES string of the molecule is C=C/C=C\C(=C)/C(C)=N/C(c1ccccc1)N(C)C(C)c1cccc2c1-c1ccccc1C21c2ccccc2-c2c(C3=NC(c4ccccc4)N(C)C(c4ccccc4)=N3)cccc21. The normalized spacial score (nSPS) is 18.2. The summed E-state index contributed by atoms with van der Waals surface area (Å²) in [4.78, 5) is 20.9. The highest BCUT2D eigenvalue weighted by molar-refractivity contribution is 6.16. The molecule has 0 bridgehead atoms. The Kier molecular flexibility index (Phi) is 10.6. The number of rotatable bonds is 11. The van der Waals surface area contributed by atoms with E-state index in [1.807, 2.05) is 19.1 Å². The maximum Gasteiger partial charge on any atom is 0.160 e. The van der Waals surface area contributed by atoms with Crippen LogP contribution in [0.15, 0.2) is 228 Å². The Labute approximate surface area is 377 Å². The standard InChI is InChI=1S/C59H51N5/c1-7-8-24-39(2)40(3)60-56(42-25-12-9-13-26-42)63(5)41(4)45-33-22-37-51-53(45)46-31-18-20-35-49(46)59(51)50-36-21-19-32-47(50)54-48(34-23-38-52(54)59)55-61-57(43-27-14-10-15-28-43)64(6)58(62-55)44-29-16-11-17-30-44/h7-38,41,56-57H,1-2H2,3-6H3/b24-8-,60-40+. The van der Waals surface area contributed by atoms with Gasteiger partial charge < -0.3 is 4.90 Å². The summed E-state index contributed by atoms with van der Waals surface area (Å²) in [5, 5.41) is 0. The molecule has 1 heterocycles. The number of aliphatic imine (C=N–C) groups is 3. The summed E-state index contributed by atoms with van der Waals surface area (Å²) in [6.07, 6.45) is 5.14. The van der Waals surface area contributed by atoms with Crippen molar-refractivity contribution < 1.29 is 0 Å². The molecule has 7 aromatic carbocycles. The lowest BCUT2D eigenvalue weighted by Crippen LogP contribution is -2.35. The average molecular weight is 830 g/mol. The smallest absolute Gasteiger partial charge is 0.160 e. The van der Waals surface area contributed by atoms with E-state index in [0.717, 1.165) is 45.2 Å². The molecule has 4 unspecified atom stereocenters. The summed E-state index contributed by atoms with van der Waals surface area (Å²) in [5.74, 6) is 1.62.